The van der Waals surface area contributed by atoms with Gasteiger partial charge in [0.25, 0.3) is 0 Å². The second-order valence-corrected chi connectivity index (χ2v) is 3.85. The Bertz CT molecular complexity index is 521. The number of anilines is 1. The van der Waals surface area contributed by atoms with E-state index in [1.807, 2.05) is 0 Å². The molecule has 1 aromatic heterocycles. The standard InChI is InChI=1S/C12H11F3N2O/c1-8-2-3-9(12(13,14)15)4-11(8)17-6-10-5-16-7-18-10/h2-5,7,17H,6H2,1H3. The molecule has 0 radical (unpaired) electrons. The lowest BCUT2D eigenvalue weighted by molar-refractivity contribution is -0.137. The van der Waals surface area contributed by atoms with Crippen molar-refractivity contribution in [1.82, 2.24) is 4.98 Å². The number of aryl methyl sites for hydroxylation is 1. The van der Waals surface area contributed by atoms with Crippen molar-refractivity contribution in [2.75, 3.05) is 5.32 Å². The van der Waals surface area contributed by atoms with E-state index >= 15 is 0 Å². The van der Waals surface area contributed by atoms with Gasteiger partial charge in [-0.2, -0.15) is 13.2 Å². The Kier molecular flexibility index (Phi) is 3.27. The van der Waals surface area contributed by atoms with E-state index in [0.29, 0.717) is 18.0 Å². The summed E-state index contributed by atoms with van der Waals surface area (Å²) in [5.74, 6) is 0.562. The highest BCUT2D eigenvalue weighted by molar-refractivity contribution is 5.53. The van der Waals surface area contributed by atoms with Crippen LogP contribution in [0.25, 0.3) is 0 Å². The SMILES string of the molecule is Cc1ccc(C(F)(F)F)cc1NCc1cnco1. The molecular formula is C12H11F3N2O. The van der Waals surface area contributed by atoms with Crippen LogP contribution in [0.1, 0.15) is 16.9 Å². The maximum absolute atomic E-state index is 12.6. The first-order valence-electron chi connectivity index (χ1n) is 5.26. The maximum Gasteiger partial charge on any atom is 0.416 e. The first-order valence-corrected chi connectivity index (χ1v) is 5.26. The lowest BCUT2D eigenvalue weighted by Gasteiger charge is -2.12. The smallest absolute Gasteiger partial charge is 0.416 e. The monoisotopic (exact) mass is 256 g/mol. The molecule has 0 spiro atoms. The summed E-state index contributed by atoms with van der Waals surface area (Å²) in [6, 6.07) is 3.59. The Balaban J connectivity index is 2.16. The molecule has 18 heavy (non-hydrogen) atoms. The molecule has 0 saturated carbocycles. The fourth-order valence-corrected chi connectivity index (χ4v) is 1.50. The van der Waals surface area contributed by atoms with Crippen LogP contribution in [0.2, 0.25) is 0 Å². The van der Waals surface area contributed by atoms with Crippen LogP contribution in [-0.4, -0.2) is 4.98 Å². The van der Waals surface area contributed by atoms with Gasteiger partial charge in [-0.25, -0.2) is 4.98 Å². The highest BCUT2D eigenvalue weighted by atomic mass is 19.4. The fourth-order valence-electron chi connectivity index (χ4n) is 1.50. The molecule has 1 aromatic carbocycles. The van der Waals surface area contributed by atoms with Crippen LogP contribution in [0.3, 0.4) is 0 Å². The van der Waals surface area contributed by atoms with E-state index in [1.165, 1.54) is 18.7 Å². The third-order valence-electron chi connectivity index (χ3n) is 2.50. The highest BCUT2D eigenvalue weighted by Gasteiger charge is 2.30. The average Bonchev–Trinajstić information content (AvgIpc) is 2.79. The molecule has 0 saturated heterocycles. The summed E-state index contributed by atoms with van der Waals surface area (Å²) in [6.45, 7) is 2.03. The van der Waals surface area contributed by atoms with Crippen molar-refractivity contribution in [3.63, 3.8) is 0 Å². The van der Waals surface area contributed by atoms with E-state index in [0.717, 1.165) is 17.7 Å². The van der Waals surface area contributed by atoms with Crippen molar-refractivity contribution in [2.45, 2.75) is 19.6 Å². The third-order valence-corrected chi connectivity index (χ3v) is 2.50. The van der Waals surface area contributed by atoms with Gasteiger partial charge in [0.05, 0.1) is 18.3 Å². The number of nitrogens with zero attached hydrogens (tertiary/aromatic N) is 1. The van der Waals surface area contributed by atoms with Gasteiger partial charge in [0.2, 0.25) is 0 Å². The fraction of sp³-hybridized carbons (Fsp3) is 0.250. The van der Waals surface area contributed by atoms with Crippen LogP contribution in [0.15, 0.2) is 35.2 Å². The quantitative estimate of drug-likeness (QED) is 0.911. The number of oxazole rings is 1. The highest BCUT2D eigenvalue weighted by Crippen LogP contribution is 2.32. The second-order valence-electron chi connectivity index (χ2n) is 3.85. The predicted octanol–water partition coefficient (Wildman–Crippen LogP) is 3.61. The average molecular weight is 256 g/mol. The normalized spacial score (nSPS) is 11.6. The van der Waals surface area contributed by atoms with Crippen LogP contribution in [0, 0.1) is 6.92 Å². The van der Waals surface area contributed by atoms with Gasteiger partial charge in [-0.1, -0.05) is 6.07 Å². The minimum absolute atomic E-state index is 0.294. The molecule has 0 aliphatic carbocycles. The van der Waals surface area contributed by atoms with Crippen LogP contribution < -0.4 is 5.32 Å². The van der Waals surface area contributed by atoms with Crippen molar-refractivity contribution in [3.8, 4) is 0 Å². The van der Waals surface area contributed by atoms with Gasteiger partial charge < -0.3 is 9.73 Å². The van der Waals surface area contributed by atoms with Gasteiger partial charge >= 0.3 is 6.18 Å². The minimum Gasteiger partial charge on any atom is -0.447 e. The van der Waals surface area contributed by atoms with Gasteiger partial charge in [0.1, 0.15) is 5.76 Å². The summed E-state index contributed by atoms with van der Waals surface area (Å²) >= 11 is 0. The number of aromatic nitrogens is 1. The van der Waals surface area contributed by atoms with E-state index in [1.54, 1.807) is 6.92 Å². The van der Waals surface area contributed by atoms with Crippen LogP contribution in [0.4, 0.5) is 18.9 Å². The van der Waals surface area contributed by atoms with Gasteiger partial charge in [0, 0.05) is 5.69 Å². The zero-order valence-electron chi connectivity index (χ0n) is 9.58. The minimum atomic E-state index is -4.34. The van der Waals surface area contributed by atoms with E-state index in [4.69, 9.17) is 4.42 Å². The summed E-state index contributed by atoms with van der Waals surface area (Å²) in [6.07, 6.45) is -1.55. The summed E-state index contributed by atoms with van der Waals surface area (Å²) in [4.78, 5) is 3.73. The number of alkyl halides is 3. The molecule has 0 unspecified atom stereocenters. The molecule has 0 aliphatic heterocycles. The summed E-state index contributed by atoms with van der Waals surface area (Å²) in [5.41, 5.74) is 0.497. The van der Waals surface area contributed by atoms with Gasteiger partial charge in [-0.05, 0) is 24.6 Å². The second kappa shape index (κ2) is 4.72. The number of halogens is 3. The largest absolute Gasteiger partial charge is 0.447 e. The van der Waals surface area contributed by atoms with E-state index in [-0.39, 0.29) is 0 Å². The molecule has 0 bridgehead atoms. The zero-order chi connectivity index (χ0) is 13.2. The topological polar surface area (TPSA) is 38.1 Å². The van der Waals surface area contributed by atoms with Crippen molar-refractivity contribution < 1.29 is 17.6 Å². The zero-order valence-corrected chi connectivity index (χ0v) is 9.58. The molecule has 6 heteroatoms. The van der Waals surface area contributed by atoms with E-state index in [9.17, 15) is 13.2 Å². The van der Waals surface area contributed by atoms with Crippen LogP contribution in [0.5, 0.6) is 0 Å². The third kappa shape index (κ3) is 2.82. The summed E-state index contributed by atoms with van der Waals surface area (Å²) in [7, 11) is 0. The molecule has 0 atom stereocenters. The van der Waals surface area contributed by atoms with Crippen molar-refractivity contribution in [2.24, 2.45) is 0 Å². The lowest BCUT2D eigenvalue weighted by atomic mass is 10.1. The lowest BCUT2D eigenvalue weighted by Crippen LogP contribution is -2.07. The Morgan fingerprint density at radius 3 is 2.72 bits per heavy atom. The molecular weight excluding hydrogens is 245 g/mol. The van der Waals surface area contributed by atoms with E-state index < -0.39 is 11.7 Å². The van der Waals surface area contributed by atoms with Gasteiger partial charge in [0.15, 0.2) is 6.39 Å². The maximum atomic E-state index is 12.6. The molecule has 0 aliphatic rings. The van der Waals surface area contributed by atoms with Crippen molar-refractivity contribution in [3.05, 3.63) is 47.7 Å². The number of hydrogen-bond acceptors (Lipinski definition) is 3. The number of hydrogen-bond donors (Lipinski definition) is 1. The summed E-state index contributed by atoms with van der Waals surface area (Å²) in [5, 5.41) is 2.89. The molecule has 1 heterocycles. The molecule has 96 valence electrons. The number of benzene rings is 1. The number of rotatable bonds is 3. The molecule has 2 aromatic rings. The predicted molar refractivity (Wildman–Crippen MR) is 60.0 cm³/mol. The molecule has 0 fully saturated rings. The Morgan fingerprint density at radius 1 is 1.33 bits per heavy atom. The first-order chi connectivity index (χ1) is 8.47. The summed E-state index contributed by atoms with van der Waals surface area (Å²) < 4.78 is 42.7. The van der Waals surface area contributed by atoms with Gasteiger partial charge in [-0.3, -0.25) is 0 Å². The van der Waals surface area contributed by atoms with Crippen molar-refractivity contribution in [1.29, 1.82) is 0 Å². The first kappa shape index (κ1) is 12.5. The Hall–Kier alpha value is -1.98. The van der Waals surface area contributed by atoms with Gasteiger partial charge in [-0.15, -0.1) is 0 Å². The van der Waals surface area contributed by atoms with Crippen molar-refractivity contribution >= 4 is 5.69 Å². The van der Waals surface area contributed by atoms with Crippen LogP contribution in [-0.2, 0) is 12.7 Å². The van der Waals surface area contributed by atoms with E-state index in [2.05, 4.69) is 10.3 Å². The molecule has 3 nitrogen and oxygen atoms in total. The molecule has 1 N–H and O–H groups in total. The number of nitrogens with one attached hydrogen (secondary N) is 1. The Labute approximate surface area is 102 Å². The van der Waals surface area contributed by atoms with Crippen LogP contribution >= 0.6 is 0 Å². The molecule has 2 rings (SSSR count). The molecule has 0 amide bonds. The Morgan fingerprint density at radius 2 is 2.11 bits per heavy atom.